The lowest BCUT2D eigenvalue weighted by Crippen LogP contribution is -2.45. The van der Waals surface area contributed by atoms with Gasteiger partial charge < -0.3 is 19.7 Å². The fourth-order valence-electron chi connectivity index (χ4n) is 3.86. The molecule has 1 fully saturated rings. The molecular weight excluding hydrogens is 465 g/mol. The van der Waals surface area contributed by atoms with Gasteiger partial charge in [-0.3, -0.25) is 9.20 Å². The first kappa shape index (κ1) is 23.7. The molecule has 0 aliphatic carbocycles. The molecule has 1 aliphatic heterocycles. The van der Waals surface area contributed by atoms with Crippen LogP contribution in [-0.4, -0.2) is 53.2 Å². The van der Waals surface area contributed by atoms with Gasteiger partial charge in [-0.2, -0.15) is 0 Å². The number of methoxy groups -OCH3 is 1. The maximum absolute atomic E-state index is 14.5. The largest absolute Gasteiger partial charge is 0.464 e. The average molecular weight is 488 g/mol. The number of fused-ring (bicyclic) bond motifs is 1. The lowest BCUT2D eigenvalue weighted by Gasteiger charge is -2.34. The molecule has 9 nitrogen and oxygen atoms in total. The Bertz CT molecular complexity index is 1310. The molecule has 0 spiro atoms. The van der Waals surface area contributed by atoms with Crippen LogP contribution in [0.2, 0.25) is 5.15 Å². The van der Waals surface area contributed by atoms with Gasteiger partial charge in [-0.1, -0.05) is 17.7 Å². The van der Waals surface area contributed by atoms with Gasteiger partial charge in [0.1, 0.15) is 22.4 Å². The van der Waals surface area contributed by atoms with Crippen LogP contribution in [0.4, 0.5) is 15.9 Å². The van der Waals surface area contributed by atoms with Crippen LogP contribution in [0, 0.1) is 5.82 Å². The van der Waals surface area contributed by atoms with Gasteiger partial charge >= 0.3 is 5.97 Å². The Labute approximate surface area is 199 Å². The van der Waals surface area contributed by atoms with E-state index in [1.54, 1.807) is 19.1 Å². The molecule has 34 heavy (non-hydrogen) atoms. The van der Waals surface area contributed by atoms with E-state index in [2.05, 4.69) is 16.9 Å². The van der Waals surface area contributed by atoms with Gasteiger partial charge in [0.05, 0.1) is 38.1 Å². The number of nitrogens with zero attached hydrogens (tertiary/aromatic N) is 4. The zero-order valence-corrected chi connectivity index (χ0v) is 19.4. The number of hydrogen-bond donors (Lipinski definition) is 1. The second-order valence-electron chi connectivity index (χ2n) is 7.72. The molecule has 1 saturated heterocycles. The highest BCUT2D eigenvalue weighted by Crippen LogP contribution is 2.27. The Kier molecular flexibility index (Phi) is 6.80. The van der Waals surface area contributed by atoms with Crippen molar-refractivity contribution in [1.29, 1.82) is 0 Å². The number of carbonyl (C=O) groups is 1. The van der Waals surface area contributed by atoms with Gasteiger partial charge in [-0.05, 0) is 25.1 Å². The Morgan fingerprint density at radius 3 is 2.94 bits per heavy atom. The first-order chi connectivity index (χ1) is 16.3. The average Bonchev–Trinajstić information content (AvgIpc) is 2.84. The summed E-state index contributed by atoms with van der Waals surface area (Å²) in [4.78, 5) is 35.7. The Hall–Kier alpha value is -3.50. The zero-order valence-electron chi connectivity index (χ0n) is 18.6. The molecule has 3 aromatic heterocycles. The van der Waals surface area contributed by atoms with Crippen LogP contribution >= 0.6 is 11.6 Å². The molecule has 1 aliphatic rings. The highest BCUT2D eigenvalue weighted by molar-refractivity contribution is 6.29. The molecule has 4 heterocycles. The number of pyridine rings is 2. The molecule has 0 saturated carbocycles. The second kappa shape index (κ2) is 9.78. The summed E-state index contributed by atoms with van der Waals surface area (Å²) in [6, 6.07) is 5.04. The number of anilines is 2. The first-order valence-corrected chi connectivity index (χ1v) is 10.9. The van der Waals surface area contributed by atoms with Gasteiger partial charge in [0, 0.05) is 24.4 Å². The van der Waals surface area contributed by atoms with E-state index in [1.165, 1.54) is 25.3 Å². The highest BCUT2D eigenvalue weighted by Gasteiger charge is 2.24. The van der Waals surface area contributed by atoms with E-state index in [0.717, 1.165) is 10.6 Å². The lowest BCUT2D eigenvalue weighted by molar-refractivity contribution is 0.0595. The van der Waals surface area contributed by atoms with Gasteiger partial charge in [0.25, 0.3) is 5.56 Å². The number of carbonyl (C=O) groups excluding carboxylic acids is 1. The number of morpholine rings is 1. The molecule has 4 rings (SSSR count). The molecular formula is C23H23ClFN5O4. The number of nitrogens with one attached hydrogen (secondary N) is 1. The van der Waals surface area contributed by atoms with Crippen LogP contribution < -0.4 is 15.8 Å². The van der Waals surface area contributed by atoms with Crippen molar-refractivity contribution in [3.05, 3.63) is 75.7 Å². The highest BCUT2D eigenvalue weighted by atomic mass is 35.5. The predicted molar refractivity (Wildman–Crippen MR) is 126 cm³/mol. The summed E-state index contributed by atoms with van der Waals surface area (Å²) >= 11 is 5.94. The molecule has 2 atom stereocenters. The van der Waals surface area contributed by atoms with E-state index in [-0.39, 0.29) is 22.5 Å². The van der Waals surface area contributed by atoms with Crippen LogP contribution in [-0.2, 0) is 9.47 Å². The molecule has 3 aromatic rings. The number of aromatic nitrogens is 3. The molecule has 11 heteroatoms. The third-order valence-electron chi connectivity index (χ3n) is 5.55. The topological polar surface area (TPSA) is 98.1 Å². The Morgan fingerprint density at radius 1 is 1.41 bits per heavy atom. The monoisotopic (exact) mass is 487 g/mol. The van der Waals surface area contributed by atoms with Crippen LogP contribution in [0.5, 0.6) is 0 Å². The minimum Gasteiger partial charge on any atom is -0.464 e. The zero-order chi connectivity index (χ0) is 24.4. The first-order valence-electron chi connectivity index (χ1n) is 10.5. The molecule has 178 valence electrons. The minimum absolute atomic E-state index is 0.0180. The van der Waals surface area contributed by atoms with Gasteiger partial charge in [0.15, 0.2) is 5.69 Å². The third kappa shape index (κ3) is 4.59. The maximum atomic E-state index is 14.5. The van der Waals surface area contributed by atoms with Crippen molar-refractivity contribution < 1.29 is 18.7 Å². The predicted octanol–water partition coefficient (Wildman–Crippen LogP) is 3.23. The van der Waals surface area contributed by atoms with E-state index in [4.69, 9.17) is 26.1 Å². The van der Waals surface area contributed by atoms with Gasteiger partial charge in [-0.15, -0.1) is 6.58 Å². The van der Waals surface area contributed by atoms with E-state index in [0.29, 0.717) is 36.8 Å². The number of hydrogen-bond acceptors (Lipinski definition) is 8. The summed E-state index contributed by atoms with van der Waals surface area (Å²) in [5.74, 6) is -0.840. The van der Waals surface area contributed by atoms with Crippen LogP contribution in [0.25, 0.3) is 5.65 Å². The minimum atomic E-state index is -0.680. The number of halogens is 2. The van der Waals surface area contributed by atoms with Gasteiger partial charge in [-0.25, -0.2) is 19.2 Å². The van der Waals surface area contributed by atoms with Crippen molar-refractivity contribution in [3.63, 3.8) is 0 Å². The molecule has 1 N–H and O–H groups in total. The van der Waals surface area contributed by atoms with E-state index in [1.807, 2.05) is 4.90 Å². The smallest absolute Gasteiger partial charge is 0.358 e. The van der Waals surface area contributed by atoms with Crippen molar-refractivity contribution in [2.75, 3.05) is 37.1 Å². The van der Waals surface area contributed by atoms with Crippen LogP contribution in [0.1, 0.15) is 29.0 Å². The summed E-state index contributed by atoms with van der Waals surface area (Å²) in [5.41, 5.74) is 0.582. The summed E-state index contributed by atoms with van der Waals surface area (Å²) in [5, 5.41) is 3.25. The fraction of sp³-hybridized carbons (Fsp3) is 0.304. The molecule has 0 bridgehead atoms. The molecule has 0 radical (unpaired) electrons. The number of esters is 1. The van der Waals surface area contributed by atoms with Crippen molar-refractivity contribution in [2.45, 2.75) is 19.0 Å². The van der Waals surface area contributed by atoms with E-state index in [9.17, 15) is 14.0 Å². The normalized spacial score (nSPS) is 16.8. The van der Waals surface area contributed by atoms with Crippen LogP contribution in [0.15, 0.2) is 47.9 Å². The molecule has 0 unspecified atom stereocenters. The van der Waals surface area contributed by atoms with Crippen molar-refractivity contribution in [1.82, 2.24) is 14.4 Å². The Morgan fingerprint density at radius 2 is 2.21 bits per heavy atom. The van der Waals surface area contributed by atoms with E-state index >= 15 is 0 Å². The Balaban J connectivity index is 1.79. The SMILES string of the molecule is C=C[C@@H]1COCCN1c1cc(=O)n2cc(F)cc([C@@H](C)Nc3ccc(Cl)nc3C(=O)OC)c2n1. The molecule has 0 aromatic carbocycles. The summed E-state index contributed by atoms with van der Waals surface area (Å²) < 4.78 is 26.0. The molecule has 0 amide bonds. The second-order valence-corrected chi connectivity index (χ2v) is 8.11. The van der Waals surface area contributed by atoms with Crippen LogP contribution in [0.3, 0.4) is 0 Å². The standard InChI is InChI=1S/C23H23ClFN5O4/c1-4-15-12-34-8-7-29(15)19-10-20(31)30-11-14(25)9-16(22(30)28-19)13(2)26-17-5-6-18(24)27-21(17)23(32)33-3/h4-6,9-11,13,15,26H,1,7-8,12H2,2-3H3/t13-,15-/m1/s1. The van der Waals surface area contributed by atoms with E-state index < -0.39 is 23.4 Å². The van der Waals surface area contributed by atoms with Crippen molar-refractivity contribution >= 4 is 34.7 Å². The quantitative estimate of drug-likeness (QED) is 0.321. The summed E-state index contributed by atoms with van der Waals surface area (Å²) in [7, 11) is 1.23. The third-order valence-corrected chi connectivity index (χ3v) is 5.76. The summed E-state index contributed by atoms with van der Waals surface area (Å²) in [6.45, 7) is 7.04. The van der Waals surface area contributed by atoms with Crippen molar-refractivity contribution in [3.8, 4) is 0 Å². The van der Waals surface area contributed by atoms with Crippen molar-refractivity contribution in [2.24, 2.45) is 0 Å². The number of ether oxygens (including phenoxy) is 2. The maximum Gasteiger partial charge on any atom is 0.358 e. The summed E-state index contributed by atoms with van der Waals surface area (Å²) in [6.07, 6.45) is 2.83. The number of rotatable bonds is 6. The lowest BCUT2D eigenvalue weighted by atomic mass is 10.1. The van der Waals surface area contributed by atoms with Gasteiger partial charge in [0.2, 0.25) is 0 Å². The fourth-order valence-corrected chi connectivity index (χ4v) is 4.01.